The molecule has 0 fully saturated rings. The van der Waals surface area contributed by atoms with Crippen LogP contribution in [-0.4, -0.2) is 68.4 Å². The molecule has 0 aliphatic rings. The molecule has 12 heteroatoms. The second-order valence-electron chi connectivity index (χ2n) is 7.25. The summed E-state index contributed by atoms with van der Waals surface area (Å²) < 4.78 is 10.2. The van der Waals surface area contributed by atoms with E-state index in [0.29, 0.717) is 45.0 Å². The lowest BCUT2D eigenvalue weighted by Crippen LogP contribution is -2.35. The van der Waals surface area contributed by atoms with Gasteiger partial charge < -0.3 is 19.7 Å². The number of carbonyl (C=O) groups is 1. The van der Waals surface area contributed by atoms with Crippen LogP contribution in [0.1, 0.15) is 23.9 Å². The van der Waals surface area contributed by atoms with Crippen LogP contribution >= 0.6 is 11.8 Å². The van der Waals surface area contributed by atoms with Crippen molar-refractivity contribution in [3.05, 3.63) is 53.3 Å². The van der Waals surface area contributed by atoms with Crippen LogP contribution in [0.15, 0.2) is 46.5 Å². The Kier molecular flexibility index (Phi) is 10.3. The topological polar surface area (TPSA) is 165 Å². The molecule has 0 bridgehead atoms. The molecule has 0 spiro atoms. The standard InChI is InChI=1S/C12H15N3O3S.C11H12N2O3/c1-7-5-9(17)10(6-8(7)16)19-12-13-11(14-15-12)3-4-18-2;1-8(11(14)13(2)15)16-10-6-4-3-5-9(10)7-12/h5-6,16-17H,3-4H2,1-2H3,(H,13,14,15);3-6,8,15H,1-2H3. The molecule has 0 saturated carbocycles. The Labute approximate surface area is 206 Å². The molecule has 1 aromatic heterocycles. The number of amides is 1. The number of ether oxygens (including phenoxy) is 2. The number of rotatable bonds is 8. The molecule has 0 aliphatic carbocycles. The number of nitrogens with one attached hydrogen (secondary N) is 1. The molecule has 0 aliphatic heterocycles. The molecular formula is C23H27N5O6S. The van der Waals surface area contributed by atoms with Crippen molar-refractivity contribution in [1.82, 2.24) is 20.2 Å². The number of nitrogens with zero attached hydrogens (tertiary/aromatic N) is 4. The summed E-state index contributed by atoms with van der Waals surface area (Å²) in [4.78, 5) is 16.1. The van der Waals surface area contributed by atoms with E-state index in [9.17, 15) is 15.0 Å². The van der Waals surface area contributed by atoms with Crippen molar-refractivity contribution < 1.29 is 29.7 Å². The average molecular weight is 502 g/mol. The molecule has 35 heavy (non-hydrogen) atoms. The van der Waals surface area contributed by atoms with Crippen LogP contribution < -0.4 is 4.74 Å². The molecule has 4 N–H and O–H groups in total. The molecule has 1 atom stereocenters. The van der Waals surface area contributed by atoms with E-state index < -0.39 is 12.0 Å². The number of aromatic amines is 1. The molecule has 2 aromatic carbocycles. The maximum atomic E-state index is 11.3. The summed E-state index contributed by atoms with van der Waals surface area (Å²) in [5.41, 5.74) is 0.973. The number of aromatic nitrogens is 3. The van der Waals surface area contributed by atoms with Crippen molar-refractivity contribution in [2.75, 3.05) is 20.8 Å². The largest absolute Gasteiger partial charge is 0.508 e. The van der Waals surface area contributed by atoms with E-state index in [0.717, 1.165) is 5.82 Å². The predicted molar refractivity (Wildman–Crippen MR) is 126 cm³/mol. The fourth-order valence-corrected chi connectivity index (χ4v) is 3.42. The van der Waals surface area contributed by atoms with Gasteiger partial charge in [-0.15, -0.1) is 5.10 Å². The van der Waals surface area contributed by atoms with Gasteiger partial charge in [-0.25, -0.2) is 10.0 Å². The third-order valence-corrected chi connectivity index (χ3v) is 5.42. The first-order valence-electron chi connectivity index (χ1n) is 10.4. The van der Waals surface area contributed by atoms with Gasteiger partial charge in [0, 0.05) is 20.6 Å². The number of aryl methyl sites for hydroxylation is 1. The van der Waals surface area contributed by atoms with Crippen LogP contribution in [-0.2, 0) is 16.0 Å². The Morgan fingerprint density at radius 1 is 1.29 bits per heavy atom. The predicted octanol–water partition coefficient (Wildman–Crippen LogP) is 3.04. The Balaban J connectivity index is 0.000000251. The summed E-state index contributed by atoms with van der Waals surface area (Å²) in [5, 5.41) is 45.0. The van der Waals surface area contributed by atoms with Gasteiger partial charge in [0.15, 0.2) is 6.10 Å². The normalized spacial score (nSPS) is 11.1. The van der Waals surface area contributed by atoms with E-state index in [1.54, 1.807) is 38.3 Å². The lowest BCUT2D eigenvalue weighted by Gasteiger charge is -2.17. The second kappa shape index (κ2) is 13.2. The molecule has 3 aromatic rings. The smallest absolute Gasteiger partial charge is 0.286 e. The van der Waals surface area contributed by atoms with Gasteiger partial charge in [0.05, 0.1) is 17.1 Å². The van der Waals surface area contributed by atoms with E-state index in [-0.39, 0.29) is 11.5 Å². The van der Waals surface area contributed by atoms with Gasteiger partial charge in [-0.1, -0.05) is 12.1 Å². The van der Waals surface area contributed by atoms with E-state index in [1.165, 1.54) is 37.9 Å². The van der Waals surface area contributed by atoms with Crippen molar-refractivity contribution in [2.24, 2.45) is 0 Å². The van der Waals surface area contributed by atoms with Gasteiger partial charge in [-0.2, -0.15) is 5.26 Å². The highest BCUT2D eigenvalue weighted by Gasteiger charge is 2.19. The third kappa shape index (κ3) is 8.18. The van der Waals surface area contributed by atoms with Crippen LogP contribution in [0.4, 0.5) is 0 Å². The first-order valence-corrected chi connectivity index (χ1v) is 11.2. The number of nitriles is 1. The number of H-pyrrole nitrogens is 1. The Morgan fingerprint density at radius 3 is 2.66 bits per heavy atom. The highest BCUT2D eigenvalue weighted by atomic mass is 32.2. The van der Waals surface area contributed by atoms with Crippen molar-refractivity contribution in [1.29, 1.82) is 5.26 Å². The quantitative estimate of drug-likeness (QED) is 0.205. The van der Waals surface area contributed by atoms with E-state index in [4.69, 9.17) is 19.9 Å². The van der Waals surface area contributed by atoms with Crippen LogP contribution in [0.2, 0.25) is 0 Å². The summed E-state index contributed by atoms with van der Waals surface area (Å²) in [6, 6.07) is 11.6. The summed E-state index contributed by atoms with van der Waals surface area (Å²) in [7, 11) is 2.84. The van der Waals surface area contributed by atoms with Crippen LogP contribution in [0.25, 0.3) is 0 Å². The number of likely N-dealkylation sites (N-methyl/N-ethyl adjacent to an activating group) is 1. The zero-order valence-corrected chi connectivity index (χ0v) is 20.5. The van der Waals surface area contributed by atoms with Crippen molar-refractivity contribution in [2.45, 2.75) is 36.4 Å². The van der Waals surface area contributed by atoms with Crippen molar-refractivity contribution >= 4 is 17.7 Å². The van der Waals surface area contributed by atoms with Gasteiger partial charge in [0.1, 0.15) is 29.1 Å². The summed E-state index contributed by atoms with van der Waals surface area (Å²) in [6.45, 7) is 3.79. The van der Waals surface area contributed by atoms with Crippen LogP contribution in [0.3, 0.4) is 0 Å². The number of phenolic OH excluding ortho intramolecular Hbond substituents is 2. The monoisotopic (exact) mass is 501 g/mol. The lowest BCUT2D eigenvalue weighted by atomic mass is 10.2. The number of aromatic hydroxyl groups is 2. The first-order chi connectivity index (χ1) is 16.7. The van der Waals surface area contributed by atoms with Gasteiger partial charge in [-0.05, 0) is 55.4 Å². The molecule has 11 nitrogen and oxygen atoms in total. The van der Waals surface area contributed by atoms with E-state index >= 15 is 0 Å². The number of hydrogen-bond acceptors (Lipinski definition) is 10. The number of methoxy groups -OCH3 is 1. The fraction of sp³-hybridized carbons (Fsp3) is 0.304. The maximum absolute atomic E-state index is 11.3. The molecular weight excluding hydrogens is 474 g/mol. The third-order valence-electron chi connectivity index (χ3n) is 4.51. The molecule has 1 amide bonds. The van der Waals surface area contributed by atoms with Crippen molar-refractivity contribution in [3.8, 4) is 23.3 Å². The molecule has 0 saturated heterocycles. The Bertz CT molecular complexity index is 1180. The van der Waals surface area contributed by atoms with Crippen molar-refractivity contribution in [3.63, 3.8) is 0 Å². The molecule has 1 unspecified atom stereocenters. The first kappa shape index (κ1) is 27.5. The maximum Gasteiger partial charge on any atom is 0.286 e. The zero-order valence-electron chi connectivity index (χ0n) is 19.7. The second-order valence-corrected chi connectivity index (χ2v) is 8.25. The minimum absolute atomic E-state index is 0.101. The molecule has 186 valence electrons. The highest BCUT2D eigenvalue weighted by molar-refractivity contribution is 7.99. The Morgan fingerprint density at radius 2 is 2.00 bits per heavy atom. The Hall–Kier alpha value is -3.79. The van der Waals surface area contributed by atoms with Crippen LogP contribution in [0.5, 0.6) is 17.2 Å². The number of hydrogen-bond donors (Lipinski definition) is 4. The number of para-hydroxylation sites is 1. The van der Waals surface area contributed by atoms with E-state index in [1.807, 2.05) is 6.07 Å². The minimum atomic E-state index is -0.843. The summed E-state index contributed by atoms with van der Waals surface area (Å²) in [6.07, 6.45) is -0.195. The van der Waals surface area contributed by atoms with E-state index in [2.05, 4.69) is 15.2 Å². The number of benzene rings is 2. The molecule has 3 rings (SSSR count). The van der Waals surface area contributed by atoms with Gasteiger partial charge in [-0.3, -0.25) is 15.1 Å². The fourth-order valence-electron chi connectivity index (χ4n) is 2.64. The molecule has 0 radical (unpaired) electrons. The van der Waals surface area contributed by atoms with Crippen LogP contribution in [0, 0.1) is 18.3 Å². The number of carbonyl (C=O) groups excluding carboxylic acids is 1. The number of phenols is 2. The van der Waals surface area contributed by atoms with Gasteiger partial charge in [0.25, 0.3) is 5.91 Å². The molecule has 1 heterocycles. The highest BCUT2D eigenvalue weighted by Crippen LogP contribution is 2.36. The summed E-state index contributed by atoms with van der Waals surface area (Å²) >= 11 is 1.19. The summed E-state index contributed by atoms with van der Waals surface area (Å²) in [5.74, 6) is 0.708. The number of hydroxylamine groups is 2. The zero-order chi connectivity index (χ0) is 26.0. The average Bonchev–Trinajstić information content (AvgIpc) is 3.28. The van der Waals surface area contributed by atoms with Gasteiger partial charge >= 0.3 is 0 Å². The lowest BCUT2D eigenvalue weighted by molar-refractivity contribution is -0.166. The minimum Gasteiger partial charge on any atom is -0.508 e. The van der Waals surface area contributed by atoms with Gasteiger partial charge in [0.2, 0.25) is 5.16 Å². The SMILES string of the molecule is CC(Oc1ccccc1C#N)C(=O)N(C)O.COCCc1nc(Sc2cc(O)c(C)cc2O)n[nH]1.